The molecule has 9 nitrogen and oxygen atoms in total. The Kier molecular flexibility index (Phi) is 4.27. The molecule has 0 radical (unpaired) electrons. The van der Waals surface area contributed by atoms with Crippen LogP contribution in [0.3, 0.4) is 0 Å². The highest BCUT2D eigenvalue weighted by molar-refractivity contribution is 5.94. The molecule has 3 rings (SSSR count). The monoisotopic (exact) mass is 336 g/mol. The molecule has 1 atom stereocenters. The van der Waals surface area contributed by atoms with Gasteiger partial charge in [0.25, 0.3) is 11.8 Å². The lowest BCUT2D eigenvalue weighted by Crippen LogP contribution is -2.47. The zero-order valence-corrected chi connectivity index (χ0v) is 13.6. The molecular formula is C15H20N4O5. The van der Waals surface area contributed by atoms with Crippen LogP contribution in [-0.4, -0.2) is 47.7 Å². The number of rotatable bonds is 4. The van der Waals surface area contributed by atoms with E-state index in [0.29, 0.717) is 19.6 Å². The van der Waals surface area contributed by atoms with Gasteiger partial charge in [-0.25, -0.2) is 4.98 Å². The van der Waals surface area contributed by atoms with Gasteiger partial charge < -0.3 is 25.3 Å². The predicted molar refractivity (Wildman–Crippen MR) is 81.7 cm³/mol. The fourth-order valence-corrected chi connectivity index (χ4v) is 2.62. The summed E-state index contributed by atoms with van der Waals surface area (Å²) in [4.78, 5) is 32.5. The van der Waals surface area contributed by atoms with Crippen LogP contribution in [0.1, 0.15) is 43.0 Å². The highest BCUT2D eigenvalue weighted by atomic mass is 16.6. The van der Waals surface area contributed by atoms with E-state index in [1.54, 1.807) is 13.8 Å². The maximum absolute atomic E-state index is 12.3. The normalized spacial score (nSPS) is 19.8. The zero-order chi connectivity index (χ0) is 17.3. The highest BCUT2D eigenvalue weighted by Gasteiger charge is 2.34. The van der Waals surface area contributed by atoms with Gasteiger partial charge in [-0.05, 0) is 26.7 Å². The van der Waals surface area contributed by atoms with Gasteiger partial charge in [-0.3, -0.25) is 9.59 Å². The Labute approximate surface area is 138 Å². The van der Waals surface area contributed by atoms with E-state index >= 15 is 0 Å². The summed E-state index contributed by atoms with van der Waals surface area (Å²) in [6.07, 6.45) is 1.05. The van der Waals surface area contributed by atoms with Crippen molar-refractivity contribution in [2.24, 2.45) is 5.73 Å². The second-order valence-electron chi connectivity index (χ2n) is 6.21. The lowest BCUT2D eigenvalue weighted by molar-refractivity contribution is -0.131. The van der Waals surface area contributed by atoms with Gasteiger partial charge in [0, 0.05) is 6.61 Å². The molecule has 1 aromatic heterocycles. The Morgan fingerprint density at radius 2 is 1.96 bits per heavy atom. The number of nitrogens with two attached hydrogens (primary N) is 1. The number of carbonyl (C=O) groups is 2. The topological polar surface area (TPSA) is 126 Å². The van der Waals surface area contributed by atoms with Crippen molar-refractivity contribution in [3.8, 4) is 11.6 Å². The third-order valence-corrected chi connectivity index (χ3v) is 3.85. The minimum absolute atomic E-state index is 0.0610. The first-order valence-electron chi connectivity index (χ1n) is 7.80. The summed E-state index contributed by atoms with van der Waals surface area (Å²) in [5.41, 5.74) is 4.38. The van der Waals surface area contributed by atoms with Gasteiger partial charge in [-0.2, -0.15) is 4.98 Å². The summed E-state index contributed by atoms with van der Waals surface area (Å²) in [5, 5.41) is 2.85. The molecule has 2 amide bonds. The van der Waals surface area contributed by atoms with Gasteiger partial charge in [0.15, 0.2) is 11.5 Å². The molecule has 1 saturated heterocycles. The highest BCUT2D eigenvalue weighted by Crippen LogP contribution is 2.33. The minimum Gasteiger partial charge on any atom is -0.483 e. The summed E-state index contributed by atoms with van der Waals surface area (Å²) in [6, 6.07) is 0. The van der Waals surface area contributed by atoms with Gasteiger partial charge >= 0.3 is 0 Å². The number of nitrogens with zero attached hydrogens (tertiary/aromatic N) is 2. The van der Waals surface area contributed by atoms with Gasteiger partial charge in [0.2, 0.25) is 11.7 Å². The molecule has 2 aliphatic rings. The van der Waals surface area contributed by atoms with E-state index in [2.05, 4.69) is 15.3 Å². The molecule has 3 N–H and O–H groups in total. The largest absolute Gasteiger partial charge is 0.483 e. The first-order valence-corrected chi connectivity index (χ1v) is 7.80. The summed E-state index contributed by atoms with van der Waals surface area (Å²) in [6.45, 7) is 4.64. The fraction of sp³-hybridized carbons (Fsp3) is 0.600. The molecule has 0 aliphatic carbocycles. The molecule has 1 unspecified atom stereocenters. The molecule has 9 heteroatoms. The Balaban J connectivity index is 1.90. The number of hydrogen-bond donors (Lipinski definition) is 2. The average molecular weight is 336 g/mol. The molecule has 130 valence electrons. The number of fused-ring (bicyclic) bond motifs is 1. The van der Waals surface area contributed by atoms with E-state index < -0.39 is 17.6 Å². The molecule has 1 fully saturated rings. The lowest BCUT2D eigenvalue weighted by atomic mass is 10.0. The van der Waals surface area contributed by atoms with E-state index in [1.807, 2.05) is 0 Å². The Morgan fingerprint density at radius 3 is 2.62 bits per heavy atom. The Morgan fingerprint density at radius 1 is 1.21 bits per heavy atom. The van der Waals surface area contributed by atoms with E-state index in [0.717, 1.165) is 6.42 Å². The molecule has 0 bridgehead atoms. The van der Waals surface area contributed by atoms with E-state index in [-0.39, 0.29) is 35.7 Å². The summed E-state index contributed by atoms with van der Waals surface area (Å²) in [5.74, 6) is -0.483. The van der Waals surface area contributed by atoms with E-state index in [9.17, 15) is 9.59 Å². The number of carbonyl (C=O) groups excluding carboxylic acids is 2. The molecule has 24 heavy (non-hydrogen) atoms. The molecule has 0 spiro atoms. The van der Waals surface area contributed by atoms with Gasteiger partial charge in [0.1, 0.15) is 19.3 Å². The fourth-order valence-electron chi connectivity index (χ4n) is 2.62. The number of primary amides is 1. The van der Waals surface area contributed by atoms with Crippen LogP contribution in [0, 0.1) is 0 Å². The number of hydrogen-bond acceptors (Lipinski definition) is 7. The van der Waals surface area contributed by atoms with Crippen molar-refractivity contribution in [2.45, 2.75) is 38.3 Å². The predicted octanol–water partition coefficient (Wildman–Crippen LogP) is -0.123. The second kappa shape index (κ2) is 6.23. The van der Waals surface area contributed by atoms with Crippen molar-refractivity contribution in [3.63, 3.8) is 0 Å². The van der Waals surface area contributed by atoms with Crippen LogP contribution in [0.4, 0.5) is 0 Å². The third-order valence-electron chi connectivity index (χ3n) is 3.85. The van der Waals surface area contributed by atoms with Crippen LogP contribution >= 0.6 is 0 Å². The Bertz CT molecular complexity index is 670. The van der Waals surface area contributed by atoms with E-state index in [4.69, 9.17) is 19.9 Å². The van der Waals surface area contributed by atoms with Crippen molar-refractivity contribution in [1.29, 1.82) is 0 Å². The maximum atomic E-state index is 12.3. The number of aromatic nitrogens is 2. The van der Waals surface area contributed by atoms with Crippen molar-refractivity contribution >= 4 is 11.8 Å². The SMILES string of the molecule is CC(C)(NC(=O)C1CCCO1)c1nc2c(c(C(N)=O)n1)OCCO2. The summed E-state index contributed by atoms with van der Waals surface area (Å²) >= 11 is 0. The molecule has 0 aromatic carbocycles. The number of amides is 2. The Hall–Kier alpha value is -2.42. The van der Waals surface area contributed by atoms with Crippen LogP contribution in [0.2, 0.25) is 0 Å². The number of nitrogens with one attached hydrogen (secondary N) is 1. The standard InChI is InChI=1S/C15H20N4O5/c1-15(2,19-12(21)8-4-3-5-22-8)14-17-9(11(16)20)10-13(18-14)24-7-6-23-10/h8H,3-7H2,1-2H3,(H2,16,20)(H,19,21). The van der Waals surface area contributed by atoms with Crippen molar-refractivity contribution < 1.29 is 23.8 Å². The average Bonchev–Trinajstić information content (AvgIpc) is 3.07. The van der Waals surface area contributed by atoms with Crippen LogP contribution in [-0.2, 0) is 15.1 Å². The smallest absolute Gasteiger partial charge is 0.271 e. The molecule has 1 aromatic rings. The van der Waals surface area contributed by atoms with Crippen molar-refractivity contribution in [3.05, 3.63) is 11.5 Å². The van der Waals surface area contributed by atoms with Gasteiger partial charge in [-0.1, -0.05) is 0 Å². The molecule has 2 aliphatic heterocycles. The first-order chi connectivity index (χ1) is 11.4. The van der Waals surface area contributed by atoms with Crippen molar-refractivity contribution in [2.75, 3.05) is 19.8 Å². The quantitative estimate of drug-likeness (QED) is 0.785. The second-order valence-corrected chi connectivity index (χ2v) is 6.21. The molecular weight excluding hydrogens is 316 g/mol. The van der Waals surface area contributed by atoms with Gasteiger partial charge in [-0.15, -0.1) is 0 Å². The zero-order valence-electron chi connectivity index (χ0n) is 13.6. The third kappa shape index (κ3) is 3.12. The molecule has 0 saturated carbocycles. The van der Waals surface area contributed by atoms with Crippen LogP contribution in [0.5, 0.6) is 11.6 Å². The molecule has 3 heterocycles. The van der Waals surface area contributed by atoms with Crippen LogP contribution < -0.4 is 20.5 Å². The number of ether oxygens (including phenoxy) is 3. The van der Waals surface area contributed by atoms with Crippen molar-refractivity contribution in [1.82, 2.24) is 15.3 Å². The van der Waals surface area contributed by atoms with Crippen LogP contribution in [0.15, 0.2) is 0 Å². The van der Waals surface area contributed by atoms with E-state index in [1.165, 1.54) is 0 Å². The van der Waals surface area contributed by atoms with Crippen LogP contribution in [0.25, 0.3) is 0 Å². The lowest BCUT2D eigenvalue weighted by Gasteiger charge is -2.28. The first kappa shape index (κ1) is 16.4. The maximum Gasteiger partial charge on any atom is 0.271 e. The van der Waals surface area contributed by atoms with Gasteiger partial charge in [0.05, 0.1) is 5.54 Å². The summed E-state index contributed by atoms with van der Waals surface area (Å²) < 4.78 is 16.2. The summed E-state index contributed by atoms with van der Waals surface area (Å²) in [7, 11) is 0. The minimum atomic E-state index is -0.941.